The summed E-state index contributed by atoms with van der Waals surface area (Å²) in [5.41, 5.74) is 1.64. The largest absolute Gasteiger partial charge is 0.508 e. The van der Waals surface area contributed by atoms with Crippen LogP contribution in [0.15, 0.2) is 42.5 Å². The van der Waals surface area contributed by atoms with E-state index in [1.165, 1.54) is 11.0 Å². The molecule has 0 spiro atoms. The maximum Gasteiger partial charge on any atom is 0.242 e. The number of carbonyl (C=O) groups excluding carboxylic acids is 3. The van der Waals surface area contributed by atoms with Crippen LogP contribution in [0.3, 0.4) is 0 Å². The average molecular weight is 593 g/mol. The third kappa shape index (κ3) is 7.50. The molecular formula is C30H36N6O5S. The topological polar surface area (TPSA) is 128 Å². The van der Waals surface area contributed by atoms with Crippen molar-refractivity contribution in [3.63, 3.8) is 0 Å². The van der Waals surface area contributed by atoms with Crippen LogP contribution in [-0.4, -0.2) is 101 Å². The second-order valence-electron chi connectivity index (χ2n) is 10.3. The number of morpholine rings is 1. The molecule has 0 aliphatic carbocycles. The molecule has 5 rings (SSSR count). The SMILES string of the molecule is C/C=C/C(=O)CCC(=O)NCC(=O)N1CCN(Cc2cc3nc(-c4cccc(O)c4)nc(N4CCOCC4)c3s2)CC1. The number of phenols is 1. The van der Waals surface area contributed by atoms with Gasteiger partial charge in [-0.15, -0.1) is 11.3 Å². The number of piperazine rings is 1. The molecule has 0 saturated carbocycles. The smallest absolute Gasteiger partial charge is 0.242 e. The van der Waals surface area contributed by atoms with E-state index in [-0.39, 0.29) is 42.7 Å². The van der Waals surface area contributed by atoms with Crippen molar-refractivity contribution in [3.05, 3.63) is 47.4 Å². The molecular weight excluding hydrogens is 556 g/mol. The zero-order chi connectivity index (χ0) is 29.5. The number of nitrogens with one attached hydrogen (secondary N) is 1. The van der Waals surface area contributed by atoms with Crippen molar-refractivity contribution >= 4 is 45.0 Å². The lowest BCUT2D eigenvalue weighted by Crippen LogP contribution is -2.50. The number of hydrogen-bond donors (Lipinski definition) is 2. The van der Waals surface area contributed by atoms with Crippen LogP contribution in [-0.2, 0) is 25.7 Å². The number of benzene rings is 1. The first-order valence-corrected chi connectivity index (χ1v) is 15.1. The number of rotatable bonds is 10. The van der Waals surface area contributed by atoms with Gasteiger partial charge in [0, 0.05) is 69.1 Å². The Hall–Kier alpha value is -3.87. The van der Waals surface area contributed by atoms with E-state index in [0.717, 1.165) is 54.3 Å². The Morgan fingerprint density at radius 3 is 2.57 bits per heavy atom. The van der Waals surface area contributed by atoms with Gasteiger partial charge in [0.05, 0.1) is 30.0 Å². The van der Waals surface area contributed by atoms with Crippen molar-refractivity contribution in [1.29, 1.82) is 0 Å². The van der Waals surface area contributed by atoms with Gasteiger partial charge in [0.25, 0.3) is 0 Å². The van der Waals surface area contributed by atoms with Gasteiger partial charge in [-0.3, -0.25) is 19.3 Å². The Labute approximate surface area is 248 Å². The number of carbonyl (C=O) groups is 3. The monoisotopic (exact) mass is 592 g/mol. The number of amides is 2. The number of phenolic OH excluding ortho intramolecular Hbond substituents is 1. The van der Waals surface area contributed by atoms with Crippen molar-refractivity contribution in [2.24, 2.45) is 0 Å². The van der Waals surface area contributed by atoms with Gasteiger partial charge in [0.15, 0.2) is 17.4 Å². The maximum atomic E-state index is 12.7. The number of allylic oxidation sites excluding steroid dienone is 2. The summed E-state index contributed by atoms with van der Waals surface area (Å²) >= 11 is 1.69. The summed E-state index contributed by atoms with van der Waals surface area (Å²) in [4.78, 5) is 53.5. The van der Waals surface area contributed by atoms with E-state index in [9.17, 15) is 19.5 Å². The molecule has 2 aliphatic heterocycles. The Morgan fingerprint density at radius 2 is 1.83 bits per heavy atom. The number of fused-ring (bicyclic) bond motifs is 1. The Balaban J connectivity index is 1.20. The normalized spacial score (nSPS) is 16.3. The number of ether oxygens (including phenoxy) is 1. The van der Waals surface area contributed by atoms with Crippen LogP contribution in [0.2, 0.25) is 0 Å². The third-order valence-electron chi connectivity index (χ3n) is 7.31. The van der Waals surface area contributed by atoms with Crippen LogP contribution in [0, 0.1) is 0 Å². The van der Waals surface area contributed by atoms with Gasteiger partial charge >= 0.3 is 0 Å². The van der Waals surface area contributed by atoms with E-state index in [1.807, 2.05) is 6.07 Å². The van der Waals surface area contributed by atoms with E-state index in [4.69, 9.17) is 14.7 Å². The number of nitrogens with zero attached hydrogens (tertiary/aromatic N) is 5. The van der Waals surface area contributed by atoms with Crippen molar-refractivity contribution < 1.29 is 24.2 Å². The molecule has 0 radical (unpaired) electrons. The molecule has 2 aromatic heterocycles. The molecule has 222 valence electrons. The molecule has 2 N–H and O–H groups in total. The van der Waals surface area contributed by atoms with Crippen molar-refractivity contribution in [2.75, 3.05) is 63.9 Å². The lowest BCUT2D eigenvalue weighted by atomic mass is 10.2. The predicted octanol–water partition coefficient (Wildman–Crippen LogP) is 2.59. The molecule has 0 unspecified atom stereocenters. The van der Waals surface area contributed by atoms with Gasteiger partial charge in [-0.1, -0.05) is 18.2 Å². The van der Waals surface area contributed by atoms with Crippen LogP contribution in [0.4, 0.5) is 5.82 Å². The summed E-state index contributed by atoms with van der Waals surface area (Å²) < 4.78 is 6.60. The lowest BCUT2D eigenvalue weighted by molar-refractivity contribution is -0.134. The third-order valence-corrected chi connectivity index (χ3v) is 8.42. The number of hydrogen-bond acceptors (Lipinski definition) is 10. The fraction of sp³-hybridized carbons (Fsp3) is 0.433. The number of aromatic nitrogens is 2. The molecule has 2 fully saturated rings. The number of thiophene rings is 1. The van der Waals surface area contributed by atoms with Gasteiger partial charge in [-0.25, -0.2) is 9.97 Å². The summed E-state index contributed by atoms with van der Waals surface area (Å²) in [6.45, 7) is 7.85. The molecule has 2 amide bonds. The molecule has 42 heavy (non-hydrogen) atoms. The molecule has 3 aromatic rings. The van der Waals surface area contributed by atoms with E-state index in [1.54, 1.807) is 47.4 Å². The fourth-order valence-corrected chi connectivity index (χ4v) is 6.22. The minimum absolute atomic E-state index is 0.0581. The molecule has 1 aromatic carbocycles. The summed E-state index contributed by atoms with van der Waals surface area (Å²) in [7, 11) is 0. The van der Waals surface area contributed by atoms with Gasteiger partial charge in [0.2, 0.25) is 11.8 Å². The quantitative estimate of drug-likeness (QED) is 0.342. The first kappa shape index (κ1) is 29.6. The van der Waals surface area contributed by atoms with E-state index in [2.05, 4.69) is 21.2 Å². The predicted molar refractivity (Wildman–Crippen MR) is 161 cm³/mol. The maximum absolute atomic E-state index is 12.7. The second-order valence-corrected chi connectivity index (χ2v) is 11.5. The van der Waals surface area contributed by atoms with Crippen molar-refractivity contribution in [1.82, 2.24) is 25.1 Å². The molecule has 2 saturated heterocycles. The summed E-state index contributed by atoms with van der Waals surface area (Å²) in [6.07, 6.45) is 3.31. The van der Waals surface area contributed by atoms with Crippen LogP contribution >= 0.6 is 11.3 Å². The minimum atomic E-state index is -0.295. The van der Waals surface area contributed by atoms with Gasteiger partial charge in [-0.2, -0.15) is 0 Å². The molecule has 0 bridgehead atoms. The highest BCUT2D eigenvalue weighted by Crippen LogP contribution is 2.35. The lowest BCUT2D eigenvalue weighted by Gasteiger charge is -2.34. The van der Waals surface area contributed by atoms with E-state index in [0.29, 0.717) is 32.1 Å². The van der Waals surface area contributed by atoms with Crippen LogP contribution in [0.25, 0.3) is 21.6 Å². The highest BCUT2D eigenvalue weighted by molar-refractivity contribution is 7.19. The Kier molecular flexibility index (Phi) is 9.78. The number of ketones is 1. The van der Waals surface area contributed by atoms with Crippen LogP contribution in [0.1, 0.15) is 24.6 Å². The standard InChI is InChI=1S/C30H36N6O5S/c1-2-4-22(37)7-8-26(39)31-19-27(40)35-11-9-34(10-12-35)20-24-18-25-28(42-24)30(36-13-15-41-16-14-36)33-29(32-25)21-5-3-6-23(38)17-21/h2-6,17-18,38H,7-16,19-20H2,1H3,(H,31,39)/b4-2+. The second kappa shape index (κ2) is 13.9. The van der Waals surface area contributed by atoms with E-state index < -0.39 is 0 Å². The molecule has 0 atom stereocenters. The fourth-order valence-electron chi connectivity index (χ4n) is 5.06. The van der Waals surface area contributed by atoms with Gasteiger partial charge in [-0.05, 0) is 31.2 Å². The first-order chi connectivity index (χ1) is 20.4. The summed E-state index contributed by atoms with van der Waals surface area (Å²) in [5, 5.41) is 12.7. The zero-order valence-electron chi connectivity index (χ0n) is 23.8. The summed E-state index contributed by atoms with van der Waals surface area (Å²) in [6, 6.07) is 9.11. The van der Waals surface area contributed by atoms with Crippen LogP contribution < -0.4 is 10.2 Å². The summed E-state index contributed by atoms with van der Waals surface area (Å²) in [5.74, 6) is 1.13. The molecule has 11 nitrogen and oxygen atoms in total. The van der Waals surface area contributed by atoms with Crippen LogP contribution in [0.5, 0.6) is 5.75 Å². The van der Waals surface area contributed by atoms with E-state index >= 15 is 0 Å². The highest BCUT2D eigenvalue weighted by Gasteiger charge is 2.24. The average Bonchev–Trinajstić information content (AvgIpc) is 3.41. The van der Waals surface area contributed by atoms with Gasteiger partial charge in [0.1, 0.15) is 5.75 Å². The number of aromatic hydroxyl groups is 1. The minimum Gasteiger partial charge on any atom is -0.508 e. The van der Waals surface area contributed by atoms with Crippen molar-refractivity contribution in [3.8, 4) is 17.1 Å². The molecule has 4 heterocycles. The Bertz CT molecular complexity index is 1460. The van der Waals surface area contributed by atoms with Crippen molar-refractivity contribution in [2.45, 2.75) is 26.3 Å². The molecule has 2 aliphatic rings. The Morgan fingerprint density at radius 1 is 1.05 bits per heavy atom. The first-order valence-electron chi connectivity index (χ1n) is 14.2. The highest BCUT2D eigenvalue weighted by atomic mass is 32.1. The zero-order valence-corrected chi connectivity index (χ0v) is 24.6. The molecule has 12 heteroatoms. The van der Waals surface area contributed by atoms with Gasteiger partial charge < -0.3 is 25.0 Å². The number of anilines is 1.